The van der Waals surface area contributed by atoms with Gasteiger partial charge in [-0.2, -0.15) is 0 Å². The van der Waals surface area contributed by atoms with Crippen LogP contribution in [0.4, 0.5) is 10.2 Å². The van der Waals surface area contributed by atoms with Crippen LogP contribution < -0.4 is 5.32 Å². The van der Waals surface area contributed by atoms with E-state index in [0.717, 1.165) is 48.7 Å². The first-order valence-corrected chi connectivity index (χ1v) is 7.56. The SMILES string of the molecule is CCCNc1cc(-c2ccc(C)c(F)c2)nc(C2CC2)n1. The Balaban J connectivity index is 1.99. The quantitative estimate of drug-likeness (QED) is 0.890. The number of hydrogen-bond acceptors (Lipinski definition) is 3. The summed E-state index contributed by atoms with van der Waals surface area (Å²) in [6.45, 7) is 4.76. The number of hydrogen-bond donors (Lipinski definition) is 1. The molecule has 0 unspecified atom stereocenters. The van der Waals surface area contributed by atoms with E-state index in [2.05, 4.69) is 22.2 Å². The molecule has 1 fully saturated rings. The van der Waals surface area contributed by atoms with E-state index in [1.807, 2.05) is 12.1 Å². The molecule has 1 aliphatic rings. The van der Waals surface area contributed by atoms with Crippen LogP contribution in [0.1, 0.15) is 43.5 Å². The Morgan fingerprint density at radius 3 is 2.71 bits per heavy atom. The summed E-state index contributed by atoms with van der Waals surface area (Å²) in [5.74, 6) is 2.00. The Hall–Kier alpha value is -1.97. The van der Waals surface area contributed by atoms with Gasteiger partial charge in [0, 0.05) is 24.1 Å². The minimum absolute atomic E-state index is 0.192. The summed E-state index contributed by atoms with van der Waals surface area (Å²) >= 11 is 0. The highest BCUT2D eigenvalue weighted by molar-refractivity contribution is 5.63. The molecule has 21 heavy (non-hydrogen) atoms. The van der Waals surface area contributed by atoms with Crippen molar-refractivity contribution < 1.29 is 4.39 Å². The highest BCUT2D eigenvalue weighted by Gasteiger charge is 2.27. The zero-order chi connectivity index (χ0) is 14.8. The second-order valence-electron chi connectivity index (χ2n) is 5.66. The van der Waals surface area contributed by atoms with Gasteiger partial charge in [-0.15, -0.1) is 0 Å². The average molecular weight is 285 g/mol. The van der Waals surface area contributed by atoms with Crippen LogP contribution in [0.5, 0.6) is 0 Å². The van der Waals surface area contributed by atoms with Crippen molar-refractivity contribution in [2.24, 2.45) is 0 Å². The van der Waals surface area contributed by atoms with Crippen LogP contribution in [-0.2, 0) is 0 Å². The van der Waals surface area contributed by atoms with Crippen LogP contribution in [-0.4, -0.2) is 16.5 Å². The highest BCUT2D eigenvalue weighted by Crippen LogP contribution is 2.39. The van der Waals surface area contributed by atoms with Gasteiger partial charge in [0.2, 0.25) is 0 Å². The van der Waals surface area contributed by atoms with Crippen molar-refractivity contribution in [1.29, 1.82) is 0 Å². The molecule has 110 valence electrons. The lowest BCUT2D eigenvalue weighted by Crippen LogP contribution is -2.05. The van der Waals surface area contributed by atoms with Crippen LogP contribution in [0.3, 0.4) is 0 Å². The smallest absolute Gasteiger partial charge is 0.134 e. The van der Waals surface area contributed by atoms with Gasteiger partial charge in [0.05, 0.1) is 5.69 Å². The number of aryl methyl sites for hydroxylation is 1. The van der Waals surface area contributed by atoms with Crippen molar-refractivity contribution in [3.63, 3.8) is 0 Å². The zero-order valence-corrected chi connectivity index (χ0v) is 12.5. The first kappa shape index (κ1) is 14.0. The molecule has 1 aromatic heterocycles. The Morgan fingerprint density at radius 2 is 2.05 bits per heavy atom. The number of nitrogens with one attached hydrogen (secondary N) is 1. The van der Waals surface area contributed by atoms with Crippen LogP contribution in [0.2, 0.25) is 0 Å². The summed E-state index contributed by atoms with van der Waals surface area (Å²) in [6, 6.07) is 7.17. The maximum atomic E-state index is 13.8. The maximum Gasteiger partial charge on any atom is 0.134 e. The first-order valence-electron chi connectivity index (χ1n) is 7.56. The van der Waals surface area contributed by atoms with E-state index in [4.69, 9.17) is 0 Å². The number of halogens is 1. The van der Waals surface area contributed by atoms with Gasteiger partial charge in [0.25, 0.3) is 0 Å². The standard InChI is InChI=1S/C17H20FN3/c1-3-8-19-16-10-15(20-17(21-16)12-6-7-12)13-5-4-11(2)14(18)9-13/h4-5,9-10,12H,3,6-8H2,1-2H3,(H,19,20,21). The fraction of sp³-hybridized carbons (Fsp3) is 0.412. The maximum absolute atomic E-state index is 13.8. The van der Waals surface area contributed by atoms with Crippen LogP contribution in [0, 0.1) is 12.7 Å². The number of rotatable bonds is 5. The third-order valence-electron chi connectivity index (χ3n) is 3.71. The number of anilines is 1. The Labute approximate surface area is 124 Å². The molecule has 2 aromatic rings. The summed E-state index contributed by atoms with van der Waals surface area (Å²) in [5, 5.41) is 3.31. The van der Waals surface area contributed by atoms with Crippen LogP contribution >= 0.6 is 0 Å². The number of nitrogens with zero attached hydrogens (tertiary/aromatic N) is 2. The van der Waals surface area contributed by atoms with Crippen molar-refractivity contribution in [2.45, 2.75) is 39.0 Å². The lowest BCUT2D eigenvalue weighted by Gasteiger charge is -2.10. The summed E-state index contributed by atoms with van der Waals surface area (Å²) < 4.78 is 13.8. The molecule has 0 amide bonds. The van der Waals surface area contributed by atoms with E-state index in [9.17, 15) is 4.39 Å². The molecule has 0 atom stereocenters. The largest absolute Gasteiger partial charge is 0.370 e. The minimum atomic E-state index is -0.192. The molecular formula is C17H20FN3. The molecule has 0 aliphatic heterocycles. The highest BCUT2D eigenvalue weighted by atomic mass is 19.1. The summed E-state index contributed by atoms with van der Waals surface area (Å²) in [7, 11) is 0. The third-order valence-corrected chi connectivity index (χ3v) is 3.71. The molecule has 0 bridgehead atoms. The van der Waals surface area contributed by atoms with Gasteiger partial charge < -0.3 is 5.32 Å². The summed E-state index contributed by atoms with van der Waals surface area (Å²) in [6.07, 6.45) is 3.34. The Kier molecular flexibility index (Phi) is 3.86. The predicted molar refractivity (Wildman–Crippen MR) is 82.9 cm³/mol. The molecule has 4 heteroatoms. The van der Waals surface area contributed by atoms with Crippen molar-refractivity contribution >= 4 is 5.82 Å². The lowest BCUT2D eigenvalue weighted by atomic mass is 10.1. The fourth-order valence-electron chi connectivity index (χ4n) is 2.23. The molecule has 1 N–H and O–H groups in total. The van der Waals surface area contributed by atoms with Crippen LogP contribution in [0.25, 0.3) is 11.3 Å². The second kappa shape index (κ2) is 5.80. The second-order valence-corrected chi connectivity index (χ2v) is 5.66. The molecule has 1 aromatic carbocycles. The number of benzene rings is 1. The molecule has 3 nitrogen and oxygen atoms in total. The van der Waals surface area contributed by atoms with E-state index in [1.54, 1.807) is 19.1 Å². The van der Waals surface area contributed by atoms with Crippen molar-refractivity contribution in [3.8, 4) is 11.3 Å². The van der Waals surface area contributed by atoms with Crippen molar-refractivity contribution in [2.75, 3.05) is 11.9 Å². The van der Waals surface area contributed by atoms with Gasteiger partial charge in [-0.3, -0.25) is 0 Å². The van der Waals surface area contributed by atoms with Gasteiger partial charge in [-0.25, -0.2) is 14.4 Å². The van der Waals surface area contributed by atoms with E-state index >= 15 is 0 Å². The third kappa shape index (κ3) is 3.20. The van der Waals surface area contributed by atoms with Crippen molar-refractivity contribution in [1.82, 2.24) is 9.97 Å². The lowest BCUT2D eigenvalue weighted by molar-refractivity contribution is 0.619. The van der Waals surface area contributed by atoms with Gasteiger partial charge >= 0.3 is 0 Å². The van der Waals surface area contributed by atoms with Gasteiger partial charge in [-0.1, -0.05) is 19.1 Å². The molecule has 1 heterocycles. The predicted octanol–water partition coefficient (Wildman–Crippen LogP) is 4.29. The monoisotopic (exact) mass is 285 g/mol. The normalized spacial score (nSPS) is 14.2. The van der Waals surface area contributed by atoms with Crippen molar-refractivity contribution in [3.05, 3.63) is 41.5 Å². The zero-order valence-electron chi connectivity index (χ0n) is 12.5. The van der Waals surface area contributed by atoms with E-state index in [0.29, 0.717) is 11.5 Å². The summed E-state index contributed by atoms with van der Waals surface area (Å²) in [4.78, 5) is 9.21. The summed E-state index contributed by atoms with van der Waals surface area (Å²) in [5.41, 5.74) is 2.26. The molecule has 1 saturated carbocycles. The molecule has 0 spiro atoms. The van der Waals surface area contributed by atoms with Gasteiger partial charge in [-0.05, 0) is 37.8 Å². The molecule has 0 saturated heterocycles. The Bertz CT molecular complexity index is 650. The first-order chi connectivity index (χ1) is 10.2. The number of aromatic nitrogens is 2. The Morgan fingerprint density at radius 1 is 1.24 bits per heavy atom. The fourth-order valence-corrected chi connectivity index (χ4v) is 2.23. The minimum Gasteiger partial charge on any atom is -0.370 e. The topological polar surface area (TPSA) is 37.8 Å². The molecule has 1 aliphatic carbocycles. The molecular weight excluding hydrogens is 265 g/mol. The van der Waals surface area contributed by atoms with Gasteiger partial charge in [0.1, 0.15) is 17.5 Å². The van der Waals surface area contributed by atoms with E-state index < -0.39 is 0 Å². The van der Waals surface area contributed by atoms with E-state index in [1.165, 1.54) is 0 Å². The molecule has 3 rings (SSSR count). The average Bonchev–Trinajstić information content (AvgIpc) is 3.32. The van der Waals surface area contributed by atoms with Gasteiger partial charge in [0.15, 0.2) is 0 Å². The molecule has 0 radical (unpaired) electrons. The van der Waals surface area contributed by atoms with E-state index in [-0.39, 0.29) is 5.82 Å². The van der Waals surface area contributed by atoms with Crippen LogP contribution in [0.15, 0.2) is 24.3 Å².